The van der Waals surface area contributed by atoms with Gasteiger partial charge in [0.25, 0.3) is 0 Å². The molecule has 1 N–H and O–H groups in total. The zero-order valence-corrected chi connectivity index (χ0v) is 15.1. The molecule has 0 aliphatic carbocycles. The molecule has 0 saturated carbocycles. The van der Waals surface area contributed by atoms with Gasteiger partial charge in [-0.2, -0.15) is 0 Å². The second kappa shape index (κ2) is 9.25. The number of nitrogens with one attached hydrogen (secondary N) is 1. The lowest BCUT2D eigenvalue weighted by molar-refractivity contribution is 0.526. The highest BCUT2D eigenvalue weighted by molar-refractivity contribution is 5.43. The van der Waals surface area contributed by atoms with Crippen LogP contribution < -0.4 is 5.32 Å². The van der Waals surface area contributed by atoms with Gasteiger partial charge in [-0.05, 0) is 93.8 Å². The first-order chi connectivity index (χ1) is 9.93. The van der Waals surface area contributed by atoms with Gasteiger partial charge in [-0.25, -0.2) is 0 Å². The van der Waals surface area contributed by atoms with E-state index in [0.717, 1.165) is 12.5 Å². The number of benzene rings is 1. The Morgan fingerprint density at radius 1 is 0.857 bits per heavy atom. The third-order valence-corrected chi connectivity index (χ3v) is 4.60. The molecule has 0 fully saturated rings. The second-order valence-corrected chi connectivity index (χ2v) is 7.00. The third kappa shape index (κ3) is 6.22. The highest BCUT2D eigenvalue weighted by Crippen LogP contribution is 2.23. The van der Waals surface area contributed by atoms with Gasteiger partial charge in [0.2, 0.25) is 0 Å². The second-order valence-electron chi connectivity index (χ2n) is 7.00. The number of hydrogen-bond acceptors (Lipinski definition) is 1. The van der Waals surface area contributed by atoms with Crippen molar-refractivity contribution < 1.29 is 0 Å². The average molecular weight is 290 g/mol. The van der Waals surface area contributed by atoms with Crippen LogP contribution in [0, 0.1) is 33.6 Å². The van der Waals surface area contributed by atoms with E-state index in [-0.39, 0.29) is 0 Å². The summed E-state index contributed by atoms with van der Waals surface area (Å²) in [5, 5.41) is 3.53. The lowest BCUT2D eigenvalue weighted by atomic mass is 9.91. The van der Waals surface area contributed by atoms with Crippen molar-refractivity contribution in [3.63, 3.8) is 0 Å². The van der Waals surface area contributed by atoms with Crippen LogP contribution in [0.5, 0.6) is 0 Å². The van der Waals surface area contributed by atoms with Crippen LogP contribution in [0.3, 0.4) is 0 Å². The van der Waals surface area contributed by atoms with Crippen LogP contribution in [0.25, 0.3) is 0 Å². The van der Waals surface area contributed by atoms with Crippen LogP contribution in [-0.4, -0.2) is 13.1 Å². The van der Waals surface area contributed by atoms with Crippen molar-refractivity contribution in [2.75, 3.05) is 13.1 Å². The van der Waals surface area contributed by atoms with Gasteiger partial charge < -0.3 is 5.32 Å². The predicted octanol–water partition coefficient (Wildman–Crippen LogP) is 5.27. The molecule has 0 bridgehead atoms. The van der Waals surface area contributed by atoms with Gasteiger partial charge in [-0.1, -0.05) is 32.8 Å². The first-order valence-electron chi connectivity index (χ1n) is 8.70. The summed E-state index contributed by atoms with van der Waals surface area (Å²) in [6, 6.07) is 2.33. The van der Waals surface area contributed by atoms with Gasteiger partial charge >= 0.3 is 0 Å². The Balaban J connectivity index is 2.27. The SMILES string of the molecule is Cc1cc(C)c(C)c(CCCCCCNCC(C)C)c1C. The van der Waals surface area contributed by atoms with E-state index in [1.807, 2.05) is 0 Å². The minimum Gasteiger partial charge on any atom is -0.316 e. The fourth-order valence-corrected chi connectivity index (χ4v) is 2.97. The van der Waals surface area contributed by atoms with E-state index in [2.05, 4.69) is 52.9 Å². The zero-order valence-electron chi connectivity index (χ0n) is 15.1. The monoisotopic (exact) mass is 289 g/mol. The Morgan fingerprint density at radius 2 is 1.43 bits per heavy atom. The molecular weight excluding hydrogens is 254 g/mol. The third-order valence-electron chi connectivity index (χ3n) is 4.60. The number of hydrogen-bond donors (Lipinski definition) is 1. The summed E-state index contributed by atoms with van der Waals surface area (Å²) in [5.41, 5.74) is 7.52. The van der Waals surface area contributed by atoms with E-state index in [1.165, 1.54) is 60.9 Å². The molecule has 0 saturated heterocycles. The summed E-state index contributed by atoms with van der Waals surface area (Å²) in [4.78, 5) is 0. The van der Waals surface area contributed by atoms with Crippen molar-refractivity contribution in [2.45, 2.75) is 73.6 Å². The molecule has 1 aromatic carbocycles. The Labute approximate surface area is 132 Å². The maximum atomic E-state index is 3.53. The van der Waals surface area contributed by atoms with E-state index in [4.69, 9.17) is 0 Å². The van der Waals surface area contributed by atoms with Gasteiger partial charge in [0, 0.05) is 0 Å². The molecule has 0 spiro atoms. The number of rotatable bonds is 9. The molecular formula is C20H35N. The number of unbranched alkanes of at least 4 members (excludes halogenated alkanes) is 3. The van der Waals surface area contributed by atoms with Crippen molar-refractivity contribution in [3.05, 3.63) is 33.9 Å². The summed E-state index contributed by atoms with van der Waals surface area (Å²) >= 11 is 0. The van der Waals surface area contributed by atoms with Crippen molar-refractivity contribution >= 4 is 0 Å². The van der Waals surface area contributed by atoms with Gasteiger partial charge in [-0.3, -0.25) is 0 Å². The van der Waals surface area contributed by atoms with E-state index < -0.39 is 0 Å². The van der Waals surface area contributed by atoms with Gasteiger partial charge in [0.05, 0.1) is 0 Å². The van der Waals surface area contributed by atoms with Gasteiger partial charge in [0.1, 0.15) is 0 Å². The maximum absolute atomic E-state index is 3.53. The van der Waals surface area contributed by atoms with Crippen LogP contribution in [-0.2, 0) is 6.42 Å². The Kier molecular flexibility index (Phi) is 8.03. The topological polar surface area (TPSA) is 12.0 Å². The summed E-state index contributed by atoms with van der Waals surface area (Å²) in [5.74, 6) is 0.764. The quantitative estimate of drug-likeness (QED) is 0.611. The normalized spacial score (nSPS) is 11.4. The van der Waals surface area contributed by atoms with E-state index in [9.17, 15) is 0 Å². The van der Waals surface area contributed by atoms with Crippen LogP contribution in [0.1, 0.15) is 67.3 Å². The summed E-state index contributed by atoms with van der Waals surface area (Å²) in [6.07, 6.45) is 6.61. The molecule has 0 aromatic heterocycles. The van der Waals surface area contributed by atoms with Gasteiger partial charge in [0.15, 0.2) is 0 Å². The standard InChI is InChI=1S/C20H35N/c1-15(2)14-21-12-10-8-7-9-11-20-18(5)16(3)13-17(4)19(20)6/h13,15,21H,7-12,14H2,1-6H3. The predicted molar refractivity (Wildman–Crippen MR) is 95.3 cm³/mol. The molecule has 0 aliphatic rings. The summed E-state index contributed by atoms with van der Waals surface area (Å²) < 4.78 is 0. The van der Waals surface area contributed by atoms with Crippen molar-refractivity contribution in [3.8, 4) is 0 Å². The minimum atomic E-state index is 0.764. The van der Waals surface area contributed by atoms with E-state index in [1.54, 1.807) is 5.56 Å². The van der Waals surface area contributed by atoms with Crippen molar-refractivity contribution in [1.29, 1.82) is 0 Å². The summed E-state index contributed by atoms with van der Waals surface area (Å²) in [7, 11) is 0. The van der Waals surface area contributed by atoms with Crippen molar-refractivity contribution in [2.24, 2.45) is 5.92 Å². The fourth-order valence-electron chi connectivity index (χ4n) is 2.97. The molecule has 1 nitrogen and oxygen atoms in total. The molecule has 1 rings (SSSR count). The molecule has 120 valence electrons. The lowest BCUT2D eigenvalue weighted by Gasteiger charge is -2.15. The highest BCUT2D eigenvalue weighted by Gasteiger charge is 2.07. The highest BCUT2D eigenvalue weighted by atomic mass is 14.8. The summed E-state index contributed by atoms with van der Waals surface area (Å²) in [6.45, 7) is 15.9. The first-order valence-corrected chi connectivity index (χ1v) is 8.70. The Morgan fingerprint density at radius 3 is 2.00 bits per heavy atom. The molecule has 0 radical (unpaired) electrons. The molecule has 0 heterocycles. The molecule has 0 atom stereocenters. The number of aryl methyl sites for hydroxylation is 2. The average Bonchev–Trinajstić information content (AvgIpc) is 2.42. The van der Waals surface area contributed by atoms with Crippen LogP contribution in [0.4, 0.5) is 0 Å². The Bertz CT molecular complexity index is 406. The smallest absolute Gasteiger partial charge is 0.00258 e. The minimum absolute atomic E-state index is 0.764. The maximum Gasteiger partial charge on any atom is -0.00258 e. The Hall–Kier alpha value is -0.820. The first kappa shape index (κ1) is 18.2. The molecule has 0 amide bonds. The largest absolute Gasteiger partial charge is 0.316 e. The van der Waals surface area contributed by atoms with E-state index in [0.29, 0.717) is 0 Å². The fraction of sp³-hybridized carbons (Fsp3) is 0.700. The lowest BCUT2D eigenvalue weighted by Crippen LogP contribution is -2.20. The van der Waals surface area contributed by atoms with Crippen LogP contribution in [0.2, 0.25) is 0 Å². The molecule has 1 aromatic rings. The molecule has 1 heteroatoms. The zero-order chi connectivity index (χ0) is 15.8. The van der Waals surface area contributed by atoms with E-state index >= 15 is 0 Å². The van der Waals surface area contributed by atoms with Crippen molar-refractivity contribution in [1.82, 2.24) is 5.32 Å². The van der Waals surface area contributed by atoms with Crippen LogP contribution >= 0.6 is 0 Å². The van der Waals surface area contributed by atoms with Gasteiger partial charge in [-0.15, -0.1) is 0 Å². The molecule has 0 aliphatic heterocycles. The van der Waals surface area contributed by atoms with Crippen LogP contribution in [0.15, 0.2) is 6.07 Å². The molecule has 21 heavy (non-hydrogen) atoms. The molecule has 0 unspecified atom stereocenters.